The van der Waals surface area contributed by atoms with Gasteiger partial charge in [0.2, 0.25) is 0 Å². The lowest BCUT2D eigenvalue weighted by atomic mass is 9.73. The summed E-state index contributed by atoms with van der Waals surface area (Å²) in [4.78, 5) is 4.08. The smallest absolute Gasteiger partial charge is 0.499 e. The molecule has 3 rings (SSSR count). The van der Waals surface area contributed by atoms with Crippen molar-refractivity contribution in [3.05, 3.63) is 18.0 Å². The predicted octanol–water partition coefficient (Wildman–Crippen LogP) is 1.20. The Morgan fingerprint density at radius 3 is 2.25 bits per heavy atom. The van der Waals surface area contributed by atoms with Crippen molar-refractivity contribution in [3.8, 4) is 5.75 Å². The molecule has 2 saturated heterocycles. The normalized spacial score (nSPS) is 24.7. The fourth-order valence-electron chi connectivity index (χ4n) is 2.43. The third-order valence-electron chi connectivity index (χ3n) is 4.56. The molecule has 0 atom stereocenters. The summed E-state index contributed by atoms with van der Waals surface area (Å²) in [7, 11) is -0.571. The van der Waals surface area contributed by atoms with Gasteiger partial charge in [-0.15, -0.1) is 0 Å². The SMILES string of the molecule is CC1(C)OB(c2c(O)cncc2C2COC2)OC1(C)C. The molecule has 0 saturated carbocycles. The number of pyridine rings is 1. The molecule has 0 spiro atoms. The van der Waals surface area contributed by atoms with Crippen molar-refractivity contribution in [1.29, 1.82) is 0 Å². The van der Waals surface area contributed by atoms with E-state index in [2.05, 4.69) is 4.98 Å². The minimum atomic E-state index is -0.571. The Balaban J connectivity index is 1.99. The van der Waals surface area contributed by atoms with Gasteiger partial charge in [0.15, 0.2) is 0 Å². The molecule has 20 heavy (non-hydrogen) atoms. The van der Waals surface area contributed by atoms with E-state index in [1.807, 2.05) is 27.7 Å². The van der Waals surface area contributed by atoms with Gasteiger partial charge in [-0.25, -0.2) is 0 Å². The van der Waals surface area contributed by atoms with E-state index in [-0.39, 0.29) is 11.7 Å². The molecule has 1 N–H and O–H groups in total. The fourth-order valence-corrected chi connectivity index (χ4v) is 2.43. The van der Waals surface area contributed by atoms with Crippen molar-refractivity contribution in [3.63, 3.8) is 0 Å². The van der Waals surface area contributed by atoms with Gasteiger partial charge in [0.25, 0.3) is 0 Å². The molecule has 1 aromatic rings. The first-order valence-electron chi connectivity index (χ1n) is 6.92. The first kappa shape index (κ1) is 13.9. The van der Waals surface area contributed by atoms with Crippen LogP contribution in [0.5, 0.6) is 5.75 Å². The predicted molar refractivity (Wildman–Crippen MR) is 75.2 cm³/mol. The molecule has 0 unspecified atom stereocenters. The number of rotatable bonds is 2. The maximum Gasteiger partial charge on any atom is 0.499 e. The molecular formula is C14H20BNO4. The van der Waals surface area contributed by atoms with Gasteiger partial charge in [-0.3, -0.25) is 4.98 Å². The van der Waals surface area contributed by atoms with Crippen molar-refractivity contribution < 1.29 is 19.2 Å². The average molecular weight is 277 g/mol. The van der Waals surface area contributed by atoms with Gasteiger partial charge < -0.3 is 19.2 Å². The van der Waals surface area contributed by atoms with Crippen LogP contribution in [0.4, 0.5) is 0 Å². The Morgan fingerprint density at radius 1 is 1.15 bits per heavy atom. The van der Waals surface area contributed by atoms with Crippen LogP contribution >= 0.6 is 0 Å². The van der Waals surface area contributed by atoms with Gasteiger partial charge in [-0.2, -0.15) is 0 Å². The van der Waals surface area contributed by atoms with E-state index in [0.717, 1.165) is 5.56 Å². The molecule has 1 aromatic heterocycles. The molecular weight excluding hydrogens is 257 g/mol. The zero-order valence-electron chi connectivity index (χ0n) is 12.3. The number of aromatic nitrogens is 1. The largest absolute Gasteiger partial charge is 0.507 e. The Hall–Kier alpha value is -1.11. The highest BCUT2D eigenvalue weighted by atomic mass is 16.7. The van der Waals surface area contributed by atoms with E-state index in [0.29, 0.717) is 18.7 Å². The highest BCUT2D eigenvalue weighted by Gasteiger charge is 2.53. The summed E-state index contributed by atoms with van der Waals surface area (Å²) in [6, 6.07) is 0. The van der Waals surface area contributed by atoms with Gasteiger partial charge in [-0.1, -0.05) is 0 Å². The quantitative estimate of drug-likeness (QED) is 0.823. The molecule has 0 aromatic carbocycles. The van der Waals surface area contributed by atoms with Crippen LogP contribution in [-0.4, -0.2) is 41.6 Å². The zero-order valence-corrected chi connectivity index (χ0v) is 12.3. The highest BCUT2D eigenvalue weighted by Crippen LogP contribution is 2.38. The van der Waals surface area contributed by atoms with Crippen molar-refractivity contribution in [1.82, 2.24) is 4.98 Å². The first-order valence-corrected chi connectivity index (χ1v) is 6.92. The minimum absolute atomic E-state index is 0.118. The van der Waals surface area contributed by atoms with Gasteiger partial charge in [0.1, 0.15) is 5.75 Å². The monoisotopic (exact) mass is 277 g/mol. The highest BCUT2D eigenvalue weighted by molar-refractivity contribution is 6.63. The molecule has 0 amide bonds. The van der Waals surface area contributed by atoms with Crippen LogP contribution in [0.15, 0.2) is 12.4 Å². The topological polar surface area (TPSA) is 60.8 Å². The molecule has 0 aliphatic carbocycles. The van der Waals surface area contributed by atoms with Gasteiger partial charge >= 0.3 is 7.12 Å². The summed E-state index contributed by atoms with van der Waals surface area (Å²) < 4.78 is 17.3. The van der Waals surface area contributed by atoms with E-state index in [9.17, 15) is 5.11 Å². The van der Waals surface area contributed by atoms with E-state index >= 15 is 0 Å². The van der Waals surface area contributed by atoms with Crippen LogP contribution in [0.25, 0.3) is 0 Å². The van der Waals surface area contributed by atoms with Gasteiger partial charge in [-0.05, 0) is 33.3 Å². The molecule has 6 heteroatoms. The van der Waals surface area contributed by atoms with Crippen LogP contribution in [0.1, 0.15) is 39.2 Å². The number of aromatic hydroxyl groups is 1. The fraction of sp³-hybridized carbons (Fsp3) is 0.643. The van der Waals surface area contributed by atoms with E-state index < -0.39 is 18.3 Å². The van der Waals surface area contributed by atoms with Crippen LogP contribution in [0.2, 0.25) is 0 Å². The lowest BCUT2D eigenvalue weighted by Gasteiger charge is -2.32. The van der Waals surface area contributed by atoms with Gasteiger partial charge in [0.05, 0.1) is 30.6 Å². The molecule has 3 heterocycles. The average Bonchev–Trinajstić information content (AvgIpc) is 2.45. The number of hydrogen-bond donors (Lipinski definition) is 1. The number of hydrogen-bond acceptors (Lipinski definition) is 5. The molecule has 0 bridgehead atoms. The summed E-state index contributed by atoms with van der Waals surface area (Å²) >= 11 is 0. The van der Waals surface area contributed by atoms with Crippen molar-refractivity contribution in [2.45, 2.75) is 44.8 Å². The second-order valence-corrected chi connectivity index (χ2v) is 6.48. The summed E-state index contributed by atoms with van der Waals surface area (Å²) in [6.45, 7) is 9.29. The Kier molecular flexibility index (Phi) is 3.08. The van der Waals surface area contributed by atoms with Crippen molar-refractivity contribution >= 4 is 12.6 Å². The van der Waals surface area contributed by atoms with E-state index in [1.165, 1.54) is 6.20 Å². The molecule has 2 aliphatic heterocycles. The maximum atomic E-state index is 10.2. The number of ether oxygens (including phenoxy) is 1. The molecule has 108 valence electrons. The first-order chi connectivity index (χ1) is 9.32. The van der Waals surface area contributed by atoms with Crippen LogP contribution < -0.4 is 5.46 Å². The maximum absolute atomic E-state index is 10.2. The molecule has 0 radical (unpaired) electrons. The number of nitrogens with zero attached hydrogens (tertiary/aromatic N) is 1. The zero-order chi connectivity index (χ0) is 14.5. The summed E-state index contributed by atoms with van der Waals surface area (Å²) in [6.07, 6.45) is 3.21. The third-order valence-corrected chi connectivity index (χ3v) is 4.56. The van der Waals surface area contributed by atoms with E-state index in [4.69, 9.17) is 14.0 Å². The molecule has 5 nitrogen and oxygen atoms in total. The Bertz CT molecular complexity index is 512. The summed E-state index contributed by atoms with van der Waals surface area (Å²) in [5.74, 6) is 0.372. The van der Waals surface area contributed by atoms with Crippen LogP contribution in [0, 0.1) is 0 Å². The summed E-state index contributed by atoms with van der Waals surface area (Å²) in [5, 5.41) is 10.2. The van der Waals surface area contributed by atoms with E-state index in [1.54, 1.807) is 6.20 Å². The Morgan fingerprint density at radius 2 is 1.75 bits per heavy atom. The second-order valence-electron chi connectivity index (χ2n) is 6.48. The van der Waals surface area contributed by atoms with Crippen molar-refractivity contribution in [2.75, 3.05) is 13.2 Å². The lowest BCUT2D eigenvalue weighted by Crippen LogP contribution is -2.41. The molecule has 2 aliphatic rings. The minimum Gasteiger partial charge on any atom is -0.507 e. The third kappa shape index (κ3) is 2.03. The standard InChI is InChI=1S/C14H20BNO4/c1-13(2)14(3,4)20-15(19-13)12-10(9-7-18-8-9)5-16-6-11(12)17/h5-6,9,17H,7-8H2,1-4H3. The Labute approximate surface area is 119 Å². The van der Waals surface area contributed by atoms with Crippen LogP contribution in [-0.2, 0) is 14.0 Å². The van der Waals surface area contributed by atoms with Gasteiger partial charge in [0, 0.05) is 17.6 Å². The van der Waals surface area contributed by atoms with Crippen LogP contribution in [0.3, 0.4) is 0 Å². The molecule has 2 fully saturated rings. The summed E-state index contributed by atoms with van der Waals surface area (Å²) in [5.41, 5.74) is 0.781. The lowest BCUT2D eigenvalue weighted by molar-refractivity contribution is 0.00578. The second kappa shape index (κ2) is 4.45. The van der Waals surface area contributed by atoms with Crippen molar-refractivity contribution in [2.24, 2.45) is 0 Å².